The fourth-order valence-electron chi connectivity index (χ4n) is 3.98. The zero-order chi connectivity index (χ0) is 22.1. The Labute approximate surface area is 184 Å². The lowest BCUT2D eigenvalue weighted by Crippen LogP contribution is -2.39. The average Bonchev–Trinajstić information content (AvgIpc) is 3.01. The van der Waals surface area contributed by atoms with Gasteiger partial charge in [0.25, 0.3) is 0 Å². The van der Waals surface area contributed by atoms with Crippen molar-refractivity contribution in [1.82, 2.24) is 29.0 Å². The summed E-state index contributed by atoms with van der Waals surface area (Å²) in [5.74, 6) is 0.768. The minimum atomic E-state index is -0.231. The van der Waals surface area contributed by atoms with Gasteiger partial charge in [0.2, 0.25) is 5.95 Å². The Morgan fingerprint density at radius 1 is 1.19 bits per heavy atom. The number of aryl methyl sites for hydroxylation is 1. The van der Waals surface area contributed by atoms with Crippen LogP contribution in [0.2, 0.25) is 5.15 Å². The van der Waals surface area contributed by atoms with Crippen LogP contribution in [0.4, 0.5) is 5.95 Å². The number of nitrogens with two attached hydrogens (primary N) is 1. The molecular formula is C20H26ClN7O3. The molecule has 10 nitrogen and oxygen atoms in total. The van der Waals surface area contributed by atoms with Gasteiger partial charge in [0.05, 0.1) is 32.6 Å². The number of hydrogen-bond acceptors (Lipinski definition) is 8. The lowest BCUT2D eigenvalue weighted by atomic mass is 10.1. The Morgan fingerprint density at radius 2 is 1.94 bits per heavy atom. The molecule has 0 aromatic carbocycles. The Bertz CT molecular complexity index is 1170. The lowest BCUT2D eigenvalue weighted by molar-refractivity contribution is 0.0364. The van der Waals surface area contributed by atoms with Gasteiger partial charge >= 0.3 is 5.69 Å². The van der Waals surface area contributed by atoms with E-state index in [0.29, 0.717) is 43.2 Å². The molecule has 0 bridgehead atoms. The second-order valence-electron chi connectivity index (χ2n) is 7.57. The summed E-state index contributed by atoms with van der Waals surface area (Å²) in [4.78, 5) is 28.6. The van der Waals surface area contributed by atoms with E-state index in [9.17, 15) is 4.79 Å². The van der Waals surface area contributed by atoms with Gasteiger partial charge in [0.1, 0.15) is 11.3 Å². The van der Waals surface area contributed by atoms with Crippen LogP contribution >= 0.6 is 11.6 Å². The second-order valence-corrected chi connectivity index (χ2v) is 7.92. The molecule has 0 amide bonds. The fraction of sp³-hybridized carbons (Fsp3) is 0.500. The summed E-state index contributed by atoms with van der Waals surface area (Å²) in [5.41, 5.74) is 9.00. The molecule has 3 aromatic heterocycles. The normalized spacial score (nSPS) is 15.0. The molecule has 0 saturated carbocycles. The summed E-state index contributed by atoms with van der Waals surface area (Å²) in [6.07, 6.45) is 1.74. The molecule has 1 saturated heterocycles. The number of methoxy groups -OCH3 is 1. The Hall–Kier alpha value is -2.69. The zero-order valence-corrected chi connectivity index (χ0v) is 18.6. The third kappa shape index (κ3) is 4.10. The monoisotopic (exact) mass is 447 g/mol. The minimum Gasteiger partial charge on any atom is -0.496 e. The summed E-state index contributed by atoms with van der Waals surface area (Å²) < 4.78 is 14.1. The molecule has 0 atom stereocenters. The highest BCUT2D eigenvalue weighted by Gasteiger charge is 2.22. The summed E-state index contributed by atoms with van der Waals surface area (Å²) >= 11 is 6.40. The van der Waals surface area contributed by atoms with Gasteiger partial charge in [-0.05, 0) is 13.8 Å². The van der Waals surface area contributed by atoms with E-state index >= 15 is 0 Å². The first-order valence-corrected chi connectivity index (χ1v) is 10.5. The van der Waals surface area contributed by atoms with Gasteiger partial charge in [-0.15, -0.1) is 0 Å². The number of imidazole rings is 1. The van der Waals surface area contributed by atoms with Crippen molar-refractivity contribution in [2.45, 2.75) is 26.9 Å². The van der Waals surface area contributed by atoms with Crippen LogP contribution in [-0.2, 0) is 17.8 Å². The number of ether oxygens (including phenoxy) is 2. The molecule has 4 heterocycles. The summed E-state index contributed by atoms with van der Waals surface area (Å²) in [6, 6.07) is 0. The Balaban J connectivity index is 1.77. The van der Waals surface area contributed by atoms with Crippen molar-refractivity contribution in [2.75, 3.05) is 45.7 Å². The number of pyridine rings is 1. The molecule has 3 aromatic rings. The van der Waals surface area contributed by atoms with Crippen LogP contribution in [0, 0.1) is 13.8 Å². The number of rotatable bonds is 6. The fourth-order valence-corrected chi connectivity index (χ4v) is 4.25. The number of nitrogens with zero attached hydrogens (tertiary/aromatic N) is 6. The van der Waals surface area contributed by atoms with Gasteiger partial charge in [-0.3, -0.25) is 19.0 Å². The zero-order valence-electron chi connectivity index (χ0n) is 17.9. The highest BCUT2D eigenvalue weighted by molar-refractivity contribution is 6.33. The molecule has 166 valence electrons. The van der Waals surface area contributed by atoms with Crippen molar-refractivity contribution in [3.63, 3.8) is 0 Å². The standard InChI is InChI=1S/C20H26ClN7O3/c1-12-10-23-14(13(2)16(12)30-3)11-28-18-15(17(21)24-19(22)25-18)27(20(28)29)5-4-26-6-8-31-9-7-26/h10H,4-9,11H2,1-3H3,(H2,22,24,25). The van der Waals surface area contributed by atoms with Gasteiger partial charge in [0.15, 0.2) is 10.8 Å². The van der Waals surface area contributed by atoms with Crippen molar-refractivity contribution in [2.24, 2.45) is 0 Å². The third-order valence-corrected chi connectivity index (χ3v) is 5.89. The molecule has 1 aliphatic rings. The first kappa shape index (κ1) is 21.5. The van der Waals surface area contributed by atoms with Gasteiger partial charge in [-0.1, -0.05) is 11.6 Å². The molecule has 1 aliphatic heterocycles. The maximum atomic E-state index is 13.4. The quantitative estimate of drug-likeness (QED) is 0.561. The number of nitrogen functional groups attached to an aromatic ring is 1. The lowest BCUT2D eigenvalue weighted by Gasteiger charge is -2.26. The second kappa shape index (κ2) is 8.81. The van der Waals surface area contributed by atoms with E-state index in [2.05, 4.69) is 19.9 Å². The van der Waals surface area contributed by atoms with Gasteiger partial charge in [0, 0.05) is 43.5 Å². The highest BCUT2D eigenvalue weighted by Crippen LogP contribution is 2.26. The predicted octanol–water partition coefficient (Wildman–Crippen LogP) is 1.23. The van der Waals surface area contributed by atoms with Crippen LogP contribution in [0.5, 0.6) is 5.75 Å². The van der Waals surface area contributed by atoms with Crippen molar-refractivity contribution in [3.05, 3.63) is 38.7 Å². The molecule has 4 rings (SSSR count). The SMILES string of the molecule is COc1c(C)cnc(Cn2c(=O)n(CCN3CCOCC3)c3c(Cl)nc(N)nc32)c1C. The topological polar surface area (TPSA) is 113 Å². The van der Waals surface area contributed by atoms with E-state index < -0.39 is 0 Å². The number of aromatic nitrogens is 5. The molecule has 2 N–H and O–H groups in total. The third-order valence-electron chi connectivity index (χ3n) is 5.63. The van der Waals surface area contributed by atoms with E-state index in [1.165, 1.54) is 0 Å². The van der Waals surface area contributed by atoms with E-state index in [1.54, 1.807) is 22.4 Å². The van der Waals surface area contributed by atoms with Crippen LogP contribution in [-0.4, -0.2) is 68.9 Å². The summed E-state index contributed by atoms with van der Waals surface area (Å²) in [6.45, 7) is 8.27. The average molecular weight is 448 g/mol. The summed E-state index contributed by atoms with van der Waals surface area (Å²) in [7, 11) is 1.62. The highest BCUT2D eigenvalue weighted by atomic mass is 35.5. The molecule has 0 aliphatic carbocycles. The number of halogens is 1. The van der Waals surface area contributed by atoms with E-state index in [0.717, 1.165) is 30.0 Å². The Kier molecular flexibility index (Phi) is 6.12. The van der Waals surface area contributed by atoms with E-state index in [4.69, 9.17) is 26.8 Å². The van der Waals surface area contributed by atoms with Crippen molar-refractivity contribution in [1.29, 1.82) is 0 Å². The van der Waals surface area contributed by atoms with E-state index in [-0.39, 0.29) is 23.3 Å². The van der Waals surface area contributed by atoms with Crippen LogP contribution < -0.4 is 16.2 Å². The van der Waals surface area contributed by atoms with Gasteiger partial charge < -0.3 is 15.2 Å². The molecule has 11 heteroatoms. The van der Waals surface area contributed by atoms with Crippen molar-refractivity contribution in [3.8, 4) is 5.75 Å². The van der Waals surface area contributed by atoms with Crippen molar-refractivity contribution >= 4 is 28.7 Å². The van der Waals surface area contributed by atoms with Crippen LogP contribution in [0.15, 0.2) is 11.0 Å². The van der Waals surface area contributed by atoms with Crippen LogP contribution in [0.3, 0.4) is 0 Å². The molecule has 31 heavy (non-hydrogen) atoms. The number of anilines is 1. The number of fused-ring (bicyclic) bond motifs is 1. The molecule has 0 radical (unpaired) electrons. The number of hydrogen-bond donors (Lipinski definition) is 1. The summed E-state index contributed by atoms with van der Waals surface area (Å²) in [5, 5.41) is 0.159. The Morgan fingerprint density at radius 3 is 2.65 bits per heavy atom. The van der Waals surface area contributed by atoms with Gasteiger partial charge in [-0.2, -0.15) is 9.97 Å². The number of morpholine rings is 1. The molecule has 1 fully saturated rings. The molecular weight excluding hydrogens is 422 g/mol. The smallest absolute Gasteiger partial charge is 0.330 e. The maximum Gasteiger partial charge on any atom is 0.330 e. The van der Waals surface area contributed by atoms with Crippen LogP contribution in [0.1, 0.15) is 16.8 Å². The maximum absolute atomic E-state index is 13.4. The van der Waals surface area contributed by atoms with Gasteiger partial charge in [-0.25, -0.2) is 4.79 Å². The molecule has 0 spiro atoms. The van der Waals surface area contributed by atoms with Crippen LogP contribution in [0.25, 0.3) is 11.2 Å². The molecule has 0 unspecified atom stereocenters. The minimum absolute atomic E-state index is 0.0164. The first-order valence-electron chi connectivity index (χ1n) is 10.1. The predicted molar refractivity (Wildman–Crippen MR) is 118 cm³/mol. The first-order chi connectivity index (χ1) is 14.9. The van der Waals surface area contributed by atoms with Crippen molar-refractivity contribution < 1.29 is 9.47 Å². The van der Waals surface area contributed by atoms with E-state index in [1.807, 2.05) is 13.8 Å². The largest absolute Gasteiger partial charge is 0.496 e.